The summed E-state index contributed by atoms with van der Waals surface area (Å²) >= 11 is 0. The minimum absolute atomic E-state index is 0.00359. The third kappa shape index (κ3) is 14.5. The molecule has 2 aliphatic heterocycles. The SMILES string of the molecule is CCCCN(C)c1cc(N)c(N)cn1.COCCN(C)c1cc2nc(-c3cc(C(=O)N4CCC(c5ccc(C#N)cc5)CC4)c(C)cc3C)[nH]c2cn1.Cc1cc(C)c(C(=O)N2CCC(c3ccc(C#N)cc3)CC2)cc1C=O. The molecule has 7 aromatic rings. The molecular formula is C63H74N12O4. The molecule has 2 amide bonds. The highest BCUT2D eigenvalue weighted by Crippen LogP contribution is 2.33. The number of rotatable bonds is 14. The number of aryl methyl sites for hydroxylation is 4. The third-order valence-corrected chi connectivity index (χ3v) is 15.2. The number of likely N-dealkylation sites (tertiary alicyclic amines) is 2. The van der Waals surface area contributed by atoms with Gasteiger partial charge in [-0.05, 0) is 141 Å². The first kappa shape index (κ1) is 58.1. The molecule has 0 spiro atoms. The average molecular weight is 1060 g/mol. The Hall–Kier alpha value is -8.60. The molecule has 0 radical (unpaired) electrons. The highest BCUT2D eigenvalue weighted by atomic mass is 16.5. The molecule has 4 aromatic carbocycles. The van der Waals surface area contributed by atoms with Gasteiger partial charge in [-0.2, -0.15) is 10.5 Å². The lowest BCUT2D eigenvalue weighted by molar-refractivity contribution is 0.0704. The first-order valence-electron chi connectivity index (χ1n) is 27.1. The molecule has 16 heteroatoms. The number of imidazole rings is 1. The van der Waals surface area contributed by atoms with Gasteiger partial charge >= 0.3 is 0 Å². The van der Waals surface area contributed by atoms with Crippen molar-refractivity contribution < 1.29 is 19.1 Å². The Morgan fingerprint density at radius 1 is 0.696 bits per heavy atom. The Morgan fingerprint density at radius 3 is 1.71 bits per heavy atom. The van der Waals surface area contributed by atoms with Crippen LogP contribution in [0.4, 0.5) is 23.0 Å². The van der Waals surface area contributed by atoms with Gasteiger partial charge in [-0.1, -0.05) is 49.7 Å². The van der Waals surface area contributed by atoms with Crippen LogP contribution in [0.5, 0.6) is 0 Å². The van der Waals surface area contributed by atoms with Crippen LogP contribution in [0.3, 0.4) is 0 Å². The van der Waals surface area contributed by atoms with Crippen molar-refractivity contribution in [3.8, 4) is 23.5 Å². The lowest BCUT2D eigenvalue weighted by atomic mass is 9.88. The summed E-state index contributed by atoms with van der Waals surface area (Å²) in [6, 6.07) is 31.3. The number of H-pyrrole nitrogens is 1. The summed E-state index contributed by atoms with van der Waals surface area (Å²) in [5.41, 5.74) is 24.6. The summed E-state index contributed by atoms with van der Waals surface area (Å²) < 4.78 is 5.18. The molecule has 2 saturated heterocycles. The number of likely N-dealkylation sites (N-methyl/N-ethyl adjacent to an activating group) is 1. The second-order valence-electron chi connectivity index (χ2n) is 20.7. The van der Waals surface area contributed by atoms with Crippen LogP contribution in [0.15, 0.2) is 97.3 Å². The maximum absolute atomic E-state index is 13.7. The van der Waals surface area contributed by atoms with Crippen LogP contribution < -0.4 is 21.3 Å². The van der Waals surface area contributed by atoms with Crippen molar-refractivity contribution in [3.63, 3.8) is 0 Å². The number of nitriles is 2. The van der Waals surface area contributed by atoms with Crippen LogP contribution in [0.25, 0.3) is 22.4 Å². The number of fused-ring (bicyclic) bond motifs is 1. The molecule has 16 nitrogen and oxygen atoms in total. The van der Waals surface area contributed by atoms with Crippen molar-refractivity contribution in [2.24, 2.45) is 0 Å². The van der Waals surface area contributed by atoms with Gasteiger partial charge in [0.25, 0.3) is 11.8 Å². The quantitative estimate of drug-likeness (QED) is 0.0862. The number of amides is 2. The van der Waals surface area contributed by atoms with E-state index >= 15 is 0 Å². The second-order valence-corrected chi connectivity index (χ2v) is 20.7. The number of nitrogen functional groups attached to an aromatic ring is 2. The predicted molar refractivity (Wildman–Crippen MR) is 315 cm³/mol. The molecular weight excluding hydrogens is 989 g/mol. The number of pyridine rings is 2. The van der Waals surface area contributed by atoms with Crippen LogP contribution in [0, 0.1) is 50.4 Å². The Labute approximate surface area is 465 Å². The van der Waals surface area contributed by atoms with Crippen LogP contribution in [-0.2, 0) is 4.74 Å². The molecule has 0 bridgehead atoms. The van der Waals surface area contributed by atoms with E-state index in [4.69, 9.17) is 31.7 Å². The Kier molecular flexibility index (Phi) is 19.9. The molecule has 2 fully saturated rings. The van der Waals surface area contributed by atoms with Crippen molar-refractivity contribution in [2.45, 2.75) is 85.0 Å². The highest BCUT2D eigenvalue weighted by molar-refractivity contribution is 5.98. The van der Waals surface area contributed by atoms with Gasteiger partial charge < -0.3 is 40.8 Å². The standard InChI is InChI=1S/C31H34N6O2.C22H22N2O2.C10H18N4/c1-20-15-21(2)26(31(38)37-11-9-24(10-12-37)23-7-5-22(18-32)6-8-23)16-25(20)30-34-27-17-29(33-19-28(27)35-30)36(3)13-14-39-4;1-15-11-16(2)21(12-20(15)14-25)22(26)24-9-7-19(8-10-24)18-5-3-17(13-23)4-6-18;1-3-4-5-14(2)10-6-8(11)9(12)7-13-10/h5-8,15-17,19,24H,9-14H2,1-4H3,(H,34,35);3-6,11-12,14,19H,7-10H2,1-2H3;6-7H,3-5,12H2,1-2H3,(H2,11,13). The Balaban J connectivity index is 0.000000193. The zero-order chi connectivity index (χ0) is 56.8. The number of aldehydes is 1. The summed E-state index contributed by atoms with van der Waals surface area (Å²) in [7, 11) is 5.68. The predicted octanol–water partition coefficient (Wildman–Crippen LogP) is 10.7. The van der Waals surface area contributed by atoms with E-state index in [1.165, 1.54) is 17.5 Å². The number of benzene rings is 4. The normalized spacial score (nSPS) is 13.5. The van der Waals surface area contributed by atoms with Gasteiger partial charge in [-0.15, -0.1) is 0 Å². The second kappa shape index (κ2) is 27.1. The monoisotopic (exact) mass is 1060 g/mol. The van der Waals surface area contributed by atoms with Gasteiger partial charge in [0.2, 0.25) is 0 Å². The number of aromatic nitrogens is 4. The van der Waals surface area contributed by atoms with Crippen LogP contribution in [-0.4, -0.2) is 115 Å². The maximum atomic E-state index is 13.7. The van der Waals surface area contributed by atoms with Crippen molar-refractivity contribution >= 4 is 52.1 Å². The number of carbonyl (C=O) groups is 3. The van der Waals surface area contributed by atoms with E-state index < -0.39 is 0 Å². The maximum Gasteiger partial charge on any atom is 0.254 e. The molecule has 79 heavy (non-hydrogen) atoms. The molecule has 5 heterocycles. The third-order valence-electron chi connectivity index (χ3n) is 15.2. The van der Waals surface area contributed by atoms with Crippen molar-refractivity contribution in [1.82, 2.24) is 29.7 Å². The number of nitrogens with zero attached hydrogens (tertiary/aromatic N) is 9. The highest BCUT2D eigenvalue weighted by Gasteiger charge is 2.28. The van der Waals surface area contributed by atoms with E-state index in [0.717, 1.165) is 108 Å². The number of nitrogens with one attached hydrogen (secondary N) is 1. The van der Waals surface area contributed by atoms with E-state index in [0.29, 0.717) is 83.8 Å². The molecule has 3 aromatic heterocycles. The number of unbranched alkanes of at least 4 members (excludes halogenated alkanes) is 1. The van der Waals surface area contributed by atoms with Crippen LogP contribution in [0.2, 0.25) is 0 Å². The molecule has 0 aliphatic carbocycles. The van der Waals surface area contributed by atoms with E-state index in [1.807, 2.05) is 122 Å². The summed E-state index contributed by atoms with van der Waals surface area (Å²) in [6.45, 7) is 15.2. The zero-order valence-corrected chi connectivity index (χ0v) is 47.0. The minimum Gasteiger partial charge on any atom is -0.397 e. The number of hydrogen-bond donors (Lipinski definition) is 3. The summed E-state index contributed by atoms with van der Waals surface area (Å²) in [5, 5.41) is 18.0. The van der Waals surface area contributed by atoms with Gasteiger partial charge in [0, 0.05) is 94.9 Å². The number of hydrogen-bond acceptors (Lipinski definition) is 13. The molecule has 0 atom stereocenters. The number of aromatic amines is 1. The minimum atomic E-state index is 0.00359. The van der Waals surface area contributed by atoms with Gasteiger partial charge in [0.15, 0.2) is 0 Å². The molecule has 9 rings (SSSR count). The molecule has 0 unspecified atom stereocenters. The number of piperidine rings is 2. The van der Waals surface area contributed by atoms with E-state index in [2.05, 4.69) is 51.9 Å². The fourth-order valence-electron chi connectivity index (χ4n) is 10.2. The average Bonchev–Trinajstić information content (AvgIpc) is 3.93. The van der Waals surface area contributed by atoms with Gasteiger partial charge in [-0.25, -0.2) is 15.0 Å². The lowest BCUT2D eigenvalue weighted by Gasteiger charge is -2.32. The number of ether oxygens (including phenoxy) is 1. The van der Waals surface area contributed by atoms with E-state index in [1.54, 1.807) is 25.6 Å². The summed E-state index contributed by atoms with van der Waals surface area (Å²) in [5.74, 6) is 3.32. The van der Waals surface area contributed by atoms with Crippen molar-refractivity contribution in [3.05, 3.63) is 159 Å². The smallest absolute Gasteiger partial charge is 0.254 e. The number of anilines is 4. The first-order chi connectivity index (χ1) is 38.0. The Bertz CT molecular complexity index is 3330. The van der Waals surface area contributed by atoms with Gasteiger partial charge in [0.1, 0.15) is 23.7 Å². The van der Waals surface area contributed by atoms with Crippen molar-refractivity contribution in [1.29, 1.82) is 10.5 Å². The summed E-state index contributed by atoms with van der Waals surface area (Å²) in [4.78, 5) is 62.8. The van der Waals surface area contributed by atoms with Gasteiger partial charge in [0.05, 0.1) is 64.7 Å². The first-order valence-corrected chi connectivity index (χ1v) is 27.1. The number of carbonyl (C=O) groups excluding carboxylic acids is 3. The number of methoxy groups -OCH3 is 1. The van der Waals surface area contributed by atoms with E-state index in [-0.39, 0.29) is 11.8 Å². The largest absolute Gasteiger partial charge is 0.397 e. The lowest BCUT2D eigenvalue weighted by Crippen LogP contribution is -2.38. The molecule has 410 valence electrons. The van der Waals surface area contributed by atoms with Crippen LogP contribution >= 0.6 is 0 Å². The fourth-order valence-corrected chi connectivity index (χ4v) is 10.2. The van der Waals surface area contributed by atoms with E-state index in [9.17, 15) is 14.4 Å². The Morgan fingerprint density at radius 2 is 1.20 bits per heavy atom. The molecule has 5 N–H and O–H groups in total. The summed E-state index contributed by atoms with van der Waals surface area (Å²) in [6.07, 6.45) is 10.2. The van der Waals surface area contributed by atoms with Gasteiger partial charge in [-0.3, -0.25) is 14.4 Å². The topological polar surface area (TPSA) is 227 Å². The molecule has 2 aliphatic rings. The fraction of sp³-hybridized carbons (Fsp3) is 0.365. The zero-order valence-electron chi connectivity index (χ0n) is 47.0. The van der Waals surface area contributed by atoms with Crippen LogP contribution in [0.1, 0.15) is 133 Å². The molecule has 0 saturated carbocycles. The number of nitrogens with two attached hydrogens (primary N) is 2. The van der Waals surface area contributed by atoms with Crippen molar-refractivity contribution in [2.75, 3.05) is 88.3 Å².